The number of rotatable bonds is 1. The Bertz CT molecular complexity index is 1640. The van der Waals surface area contributed by atoms with E-state index in [-0.39, 0.29) is 27.3 Å². The minimum atomic E-state index is -5.13. The second kappa shape index (κ2) is 7.91. The lowest BCUT2D eigenvalue weighted by molar-refractivity contribution is -0.142. The van der Waals surface area contributed by atoms with Crippen molar-refractivity contribution in [2.45, 2.75) is 38.5 Å². The monoisotopic (exact) mass is 498 g/mol. The number of hydrogen-bond donors (Lipinski definition) is 0. The van der Waals surface area contributed by atoms with Crippen molar-refractivity contribution in [2.75, 3.05) is 0 Å². The van der Waals surface area contributed by atoms with E-state index in [1.54, 1.807) is 18.2 Å². The molecule has 0 aliphatic heterocycles. The third-order valence-electron chi connectivity index (χ3n) is 6.29. The van der Waals surface area contributed by atoms with Crippen molar-refractivity contribution in [1.82, 2.24) is 10.2 Å². The highest BCUT2D eigenvalue weighted by Gasteiger charge is 2.43. The zero-order valence-electron chi connectivity index (χ0n) is 19.5. The summed E-state index contributed by atoms with van der Waals surface area (Å²) in [7, 11) is 0. The highest BCUT2D eigenvalue weighted by Crippen LogP contribution is 2.46. The van der Waals surface area contributed by atoms with Crippen molar-refractivity contribution < 1.29 is 26.3 Å². The summed E-state index contributed by atoms with van der Waals surface area (Å²) >= 11 is 0. The van der Waals surface area contributed by atoms with Gasteiger partial charge < -0.3 is 0 Å². The van der Waals surface area contributed by atoms with Gasteiger partial charge in [0, 0.05) is 16.3 Å². The van der Waals surface area contributed by atoms with Crippen molar-refractivity contribution >= 4 is 32.3 Å². The van der Waals surface area contributed by atoms with Crippen LogP contribution in [0.5, 0.6) is 0 Å². The molecule has 0 aliphatic carbocycles. The minimum Gasteiger partial charge on any atom is -0.166 e. The van der Waals surface area contributed by atoms with E-state index < -0.39 is 29.0 Å². The van der Waals surface area contributed by atoms with Gasteiger partial charge in [0.2, 0.25) is 0 Å². The fraction of sp³-hybridized carbons (Fsp3) is 0.214. The number of nitrogens with zero attached hydrogens (tertiary/aromatic N) is 2. The first-order valence-electron chi connectivity index (χ1n) is 11.2. The van der Waals surface area contributed by atoms with Gasteiger partial charge in [0.1, 0.15) is 5.69 Å². The van der Waals surface area contributed by atoms with Crippen LogP contribution in [0, 0.1) is 0 Å². The molecule has 2 nitrogen and oxygen atoms in total. The Labute approximate surface area is 202 Å². The molecule has 0 unspecified atom stereocenters. The quantitative estimate of drug-likeness (QED) is 0.170. The van der Waals surface area contributed by atoms with Gasteiger partial charge in [-0.1, -0.05) is 69.3 Å². The molecule has 0 spiro atoms. The third kappa shape index (κ3) is 3.94. The van der Waals surface area contributed by atoms with E-state index in [1.165, 1.54) is 24.3 Å². The maximum atomic E-state index is 14.4. The lowest BCUT2D eigenvalue weighted by atomic mass is 9.82. The van der Waals surface area contributed by atoms with Gasteiger partial charge in [0.15, 0.2) is 5.69 Å². The Morgan fingerprint density at radius 2 is 1.19 bits per heavy atom. The van der Waals surface area contributed by atoms with Crippen LogP contribution in [-0.4, -0.2) is 10.2 Å². The molecule has 8 heteroatoms. The summed E-state index contributed by atoms with van der Waals surface area (Å²) in [5.74, 6) is 0. The molecule has 0 amide bonds. The molecule has 36 heavy (non-hydrogen) atoms. The molecular weight excluding hydrogens is 478 g/mol. The number of halogens is 6. The molecule has 5 rings (SSSR count). The van der Waals surface area contributed by atoms with Gasteiger partial charge in [0.25, 0.3) is 0 Å². The molecule has 0 radical (unpaired) electrons. The molecule has 1 heterocycles. The fourth-order valence-electron chi connectivity index (χ4n) is 4.76. The molecule has 184 valence electrons. The van der Waals surface area contributed by atoms with E-state index in [4.69, 9.17) is 0 Å². The Kier molecular flexibility index (Phi) is 5.28. The first kappa shape index (κ1) is 24.0. The Morgan fingerprint density at radius 3 is 1.78 bits per heavy atom. The van der Waals surface area contributed by atoms with Crippen LogP contribution in [0.25, 0.3) is 43.6 Å². The number of alkyl halides is 6. The topological polar surface area (TPSA) is 25.8 Å². The number of aromatic nitrogens is 2. The van der Waals surface area contributed by atoms with Crippen molar-refractivity contribution in [2.24, 2.45) is 0 Å². The summed E-state index contributed by atoms with van der Waals surface area (Å²) in [5, 5.41) is 7.53. The third-order valence-corrected chi connectivity index (χ3v) is 6.29. The smallest absolute Gasteiger partial charge is 0.166 e. The van der Waals surface area contributed by atoms with Crippen LogP contribution in [0.4, 0.5) is 26.3 Å². The van der Waals surface area contributed by atoms with Crippen molar-refractivity contribution in [3.05, 3.63) is 83.6 Å². The largest absolute Gasteiger partial charge is 0.435 e. The molecule has 5 aromatic rings. The summed E-state index contributed by atoms with van der Waals surface area (Å²) in [6.07, 6.45) is -10.2. The van der Waals surface area contributed by atoms with Crippen molar-refractivity contribution in [3.8, 4) is 11.3 Å². The first-order chi connectivity index (χ1) is 16.8. The van der Waals surface area contributed by atoms with E-state index in [9.17, 15) is 26.3 Å². The Balaban J connectivity index is 1.99. The lowest BCUT2D eigenvalue weighted by Crippen LogP contribution is -2.16. The molecule has 0 saturated heterocycles. The van der Waals surface area contributed by atoms with Gasteiger partial charge in [-0.2, -0.15) is 26.3 Å². The van der Waals surface area contributed by atoms with Gasteiger partial charge in [-0.3, -0.25) is 0 Å². The number of hydrogen-bond acceptors (Lipinski definition) is 2. The van der Waals surface area contributed by atoms with Gasteiger partial charge in [0.05, 0.1) is 5.56 Å². The summed E-state index contributed by atoms with van der Waals surface area (Å²) < 4.78 is 85.0. The second-order valence-electron chi connectivity index (χ2n) is 9.78. The van der Waals surface area contributed by atoms with E-state index in [1.807, 2.05) is 45.0 Å². The molecule has 0 atom stereocenters. The summed E-state index contributed by atoms with van der Waals surface area (Å²) in [6, 6.07) is 17.9. The van der Waals surface area contributed by atoms with Crippen LogP contribution < -0.4 is 0 Å². The summed E-state index contributed by atoms with van der Waals surface area (Å²) in [5.41, 5.74) is -2.12. The molecule has 0 fully saturated rings. The molecule has 4 aromatic carbocycles. The fourth-order valence-corrected chi connectivity index (χ4v) is 4.76. The SMILES string of the molecule is CC(C)(C)c1cc(-c2nnc(C(F)(F)F)c3c(C(F)(F)F)c4ccccc4cc23)cc2ccccc12. The predicted molar refractivity (Wildman–Crippen MR) is 129 cm³/mol. The van der Waals surface area contributed by atoms with Gasteiger partial charge in [-0.15, -0.1) is 10.2 Å². The molecular formula is C28H20F6N2. The second-order valence-corrected chi connectivity index (χ2v) is 9.78. The molecule has 0 saturated carbocycles. The first-order valence-corrected chi connectivity index (χ1v) is 11.2. The van der Waals surface area contributed by atoms with E-state index in [2.05, 4.69) is 10.2 Å². The maximum absolute atomic E-state index is 14.4. The summed E-state index contributed by atoms with van der Waals surface area (Å²) in [6.45, 7) is 5.97. The van der Waals surface area contributed by atoms with Gasteiger partial charge >= 0.3 is 12.4 Å². The van der Waals surface area contributed by atoms with Gasteiger partial charge in [-0.25, -0.2) is 0 Å². The van der Waals surface area contributed by atoms with Gasteiger partial charge in [-0.05, 0) is 50.7 Å². The van der Waals surface area contributed by atoms with E-state index >= 15 is 0 Å². The lowest BCUT2D eigenvalue weighted by Gasteiger charge is -2.23. The van der Waals surface area contributed by atoms with Crippen molar-refractivity contribution in [1.29, 1.82) is 0 Å². The van der Waals surface area contributed by atoms with Crippen molar-refractivity contribution in [3.63, 3.8) is 0 Å². The highest BCUT2D eigenvalue weighted by atomic mass is 19.4. The van der Waals surface area contributed by atoms with Crippen LogP contribution in [0.1, 0.15) is 37.6 Å². The van der Waals surface area contributed by atoms with Crippen LogP contribution in [0.2, 0.25) is 0 Å². The number of benzene rings is 4. The molecule has 0 aliphatic rings. The van der Waals surface area contributed by atoms with Crippen LogP contribution in [-0.2, 0) is 17.8 Å². The normalized spacial score (nSPS) is 13.1. The molecule has 0 bridgehead atoms. The molecule has 1 aromatic heterocycles. The zero-order chi connectivity index (χ0) is 26.0. The zero-order valence-corrected chi connectivity index (χ0v) is 19.5. The van der Waals surface area contributed by atoms with Crippen LogP contribution in [0.15, 0.2) is 66.7 Å². The average Bonchev–Trinajstić information content (AvgIpc) is 2.79. The van der Waals surface area contributed by atoms with Crippen LogP contribution in [0.3, 0.4) is 0 Å². The maximum Gasteiger partial charge on any atom is 0.435 e. The standard InChI is InChI=1S/C28H20F6N2/c1-26(2,3)21-14-17(12-15-8-4-6-10-18(15)21)24-20-13-16-9-5-7-11-19(16)23(27(29,30)31)22(20)25(36-35-24)28(32,33)34/h4-14H,1-3H3. The Hall–Kier alpha value is -3.68. The highest BCUT2D eigenvalue weighted by molar-refractivity contribution is 6.09. The predicted octanol–water partition coefficient (Wildman–Crippen LogP) is 8.94. The average molecular weight is 498 g/mol. The number of fused-ring (bicyclic) bond motifs is 3. The van der Waals surface area contributed by atoms with E-state index in [0.29, 0.717) is 5.56 Å². The molecule has 0 N–H and O–H groups in total. The van der Waals surface area contributed by atoms with Crippen LogP contribution >= 0.6 is 0 Å². The summed E-state index contributed by atoms with van der Waals surface area (Å²) in [4.78, 5) is 0. The Morgan fingerprint density at radius 1 is 0.611 bits per heavy atom. The minimum absolute atomic E-state index is 0.0366. The van der Waals surface area contributed by atoms with E-state index in [0.717, 1.165) is 16.3 Å².